The summed E-state index contributed by atoms with van der Waals surface area (Å²) in [5.41, 5.74) is 2.02. The normalized spacial score (nSPS) is 18.2. The lowest BCUT2D eigenvalue weighted by Gasteiger charge is -2.34. The monoisotopic (exact) mass is 414 g/mol. The Hall–Kier alpha value is -2.78. The summed E-state index contributed by atoms with van der Waals surface area (Å²) in [5, 5.41) is 11.2. The van der Waals surface area contributed by atoms with Gasteiger partial charge in [-0.25, -0.2) is 13.4 Å². The van der Waals surface area contributed by atoms with E-state index in [4.69, 9.17) is 4.98 Å². The van der Waals surface area contributed by atoms with Gasteiger partial charge in [0.05, 0.1) is 26.9 Å². The quantitative estimate of drug-likeness (QED) is 0.479. The van der Waals surface area contributed by atoms with Crippen LogP contribution in [0.4, 0.5) is 5.69 Å². The second-order valence-electron chi connectivity index (χ2n) is 7.35. The van der Waals surface area contributed by atoms with Crippen LogP contribution < -0.4 is 0 Å². The van der Waals surface area contributed by atoms with E-state index in [2.05, 4.69) is 0 Å². The van der Waals surface area contributed by atoms with E-state index in [-0.39, 0.29) is 10.6 Å². The van der Waals surface area contributed by atoms with Crippen LogP contribution in [0.1, 0.15) is 36.7 Å². The van der Waals surface area contributed by atoms with Crippen LogP contribution in [0.15, 0.2) is 47.4 Å². The number of imidazole rings is 1. The zero-order valence-electron chi connectivity index (χ0n) is 16.3. The molecule has 0 aliphatic carbocycles. The van der Waals surface area contributed by atoms with E-state index < -0.39 is 21.0 Å². The number of para-hydroxylation sites is 2. The van der Waals surface area contributed by atoms with Crippen LogP contribution in [0.2, 0.25) is 0 Å². The average molecular weight is 414 g/mol. The van der Waals surface area contributed by atoms with Gasteiger partial charge in [-0.2, -0.15) is 4.31 Å². The molecular weight excluding hydrogens is 392 g/mol. The summed E-state index contributed by atoms with van der Waals surface area (Å²) < 4.78 is 30.5. The van der Waals surface area contributed by atoms with E-state index in [1.807, 2.05) is 35.9 Å². The Kier molecular flexibility index (Phi) is 4.87. The van der Waals surface area contributed by atoms with Crippen molar-refractivity contribution in [3.8, 4) is 0 Å². The molecule has 0 saturated carbocycles. The molecule has 1 aromatic heterocycles. The largest absolute Gasteiger partial charge is 0.330 e. The Balaban J connectivity index is 1.82. The fraction of sp³-hybridized carbons (Fsp3) is 0.350. The second-order valence-corrected chi connectivity index (χ2v) is 9.21. The number of aromatic nitrogens is 2. The maximum atomic E-state index is 13.6. The molecular formula is C20H22N4O4S. The highest BCUT2D eigenvalue weighted by Crippen LogP contribution is 2.37. The van der Waals surface area contributed by atoms with Gasteiger partial charge in [-0.3, -0.25) is 10.1 Å². The van der Waals surface area contributed by atoms with Crippen LogP contribution >= 0.6 is 0 Å². The summed E-state index contributed by atoms with van der Waals surface area (Å²) >= 11 is 0. The summed E-state index contributed by atoms with van der Waals surface area (Å²) in [6, 6.07) is 11.3. The van der Waals surface area contributed by atoms with Crippen molar-refractivity contribution < 1.29 is 13.3 Å². The Morgan fingerprint density at radius 2 is 1.93 bits per heavy atom. The van der Waals surface area contributed by atoms with Crippen molar-refractivity contribution in [2.75, 3.05) is 6.54 Å². The first-order valence-corrected chi connectivity index (χ1v) is 10.9. The van der Waals surface area contributed by atoms with Crippen molar-refractivity contribution >= 4 is 26.7 Å². The van der Waals surface area contributed by atoms with E-state index in [1.54, 1.807) is 6.92 Å². The Bertz CT molecular complexity index is 1200. The molecule has 0 bridgehead atoms. The number of nitrogens with zero attached hydrogens (tertiary/aromatic N) is 4. The molecule has 0 spiro atoms. The van der Waals surface area contributed by atoms with Crippen molar-refractivity contribution in [1.29, 1.82) is 0 Å². The summed E-state index contributed by atoms with van der Waals surface area (Å²) in [6.07, 6.45) is 2.30. The first-order chi connectivity index (χ1) is 13.8. The van der Waals surface area contributed by atoms with Gasteiger partial charge in [-0.05, 0) is 37.5 Å². The molecule has 8 nitrogen and oxygen atoms in total. The molecule has 2 heterocycles. The molecule has 1 saturated heterocycles. The minimum absolute atomic E-state index is 0.0163. The number of non-ortho nitro benzene ring substituents is 1. The molecule has 0 radical (unpaired) electrons. The molecule has 152 valence electrons. The number of nitro groups is 1. The lowest BCUT2D eigenvalue weighted by Crippen LogP contribution is -2.39. The van der Waals surface area contributed by atoms with Crippen LogP contribution in [-0.4, -0.2) is 33.7 Å². The highest BCUT2D eigenvalue weighted by molar-refractivity contribution is 7.89. The van der Waals surface area contributed by atoms with Crippen molar-refractivity contribution in [2.45, 2.75) is 37.1 Å². The number of sulfonamides is 1. The third-order valence-corrected chi connectivity index (χ3v) is 7.59. The summed E-state index contributed by atoms with van der Waals surface area (Å²) in [6.45, 7) is 2.02. The Morgan fingerprint density at radius 1 is 1.17 bits per heavy atom. The van der Waals surface area contributed by atoms with E-state index in [1.165, 1.54) is 16.4 Å². The SMILES string of the molecule is Cc1ccc([N+](=O)[O-])cc1S(=O)(=O)N1CCCCC1c1nc2ccccc2n1C. The highest BCUT2D eigenvalue weighted by atomic mass is 32.2. The van der Waals surface area contributed by atoms with Crippen molar-refractivity contribution in [3.63, 3.8) is 0 Å². The zero-order chi connectivity index (χ0) is 20.8. The number of fused-ring (bicyclic) bond motifs is 1. The van der Waals surface area contributed by atoms with Crippen LogP contribution in [0.5, 0.6) is 0 Å². The Morgan fingerprint density at radius 3 is 2.66 bits per heavy atom. The zero-order valence-corrected chi connectivity index (χ0v) is 17.1. The second kappa shape index (κ2) is 7.23. The smallest absolute Gasteiger partial charge is 0.270 e. The van der Waals surface area contributed by atoms with E-state index in [0.717, 1.165) is 29.9 Å². The minimum atomic E-state index is -3.92. The van der Waals surface area contributed by atoms with Crippen LogP contribution in [0.25, 0.3) is 11.0 Å². The van der Waals surface area contributed by atoms with Crippen LogP contribution in [0.3, 0.4) is 0 Å². The third-order valence-electron chi connectivity index (χ3n) is 5.54. The standard InChI is InChI=1S/C20H22N4O4S/c1-14-10-11-15(24(25)26)13-19(14)29(27,28)23-12-6-5-9-18(23)20-21-16-7-3-4-8-17(16)22(20)2/h3-4,7-8,10-11,13,18H,5-6,9,12H2,1-2H3. The molecule has 3 aromatic rings. The molecule has 29 heavy (non-hydrogen) atoms. The number of nitro benzene ring substituents is 1. The number of hydrogen-bond acceptors (Lipinski definition) is 5. The van der Waals surface area contributed by atoms with Gasteiger partial charge in [0.25, 0.3) is 5.69 Å². The molecule has 0 N–H and O–H groups in total. The maximum absolute atomic E-state index is 13.6. The van der Waals surface area contributed by atoms with Crippen LogP contribution in [-0.2, 0) is 17.1 Å². The van der Waals surface area contributed by atoms with E-state index >= 15 is 0 Å². The predicted molar refractivity (Wildman–Crippen MR) is 109 cm³/mol. The van der Waals surface area contributed by atoms with E-state index in [0.29, 0.717) is 24.4 Å². The fourth-order valence-corrected chi connectivity index (χ4v) is 5.92. The molecule has 1 unspecified atom stereocenters. The molecule has 9 heteroatoms. The van der Waals surface area contributed by atoms with Gasteiger partial charge in [0.2, 0.25) is 10.0 Å². The van der Waals surface area contributed by atoms with Gasteiger partial charge in [0, 0.05) is 25.7 Å². The average Bonchev–Trinajstić information content (AvgIpc) is 3.05. The molecule has 1 aliphatic heterocycles. The fourth-order valence-electron chi connectivity index (χ4n) is 4.02. The maximum Gasteiger partial charge on any atom is 0.270 e. The van der Waals surface area contributed by atoms with Crippen molar-refractivity contribution in [2.24, 2.45) is 7.05 Å². The number of piperidine rings is 1. The molecule has 2 aromatic carbocycles. The molecule has 1 fully saturated rings. The number of benzene rings is 2. The molecule has 1 aliphatic rings. The number of aryl methyl sites for hydroxylation is 2. The predicted octanol–water partition coefficient (Wildman–Crippen LogP) is 3.71. The summed E-state index contributed by atoms with van der Waals surface area (Å²) in [7, 11) is -2.03. The number of rotatable bonds is 4. The molecule has 0 amide bonds. The lowest BCUT2D eigenvalue weighted by molar-refractivity contribution is -0.385. The summed E-state index contributed by atoms with van der Waals surface area (Å²) in [4.78, 5) is 15.3. The van der Waals surface area contributed by atoms with Gasteiger partial charge in [-0.1, -0.05) is 24.6 Å². The molecule has 1 atom stereocenters. The van der Waals surface area contributed by atoms with Crippen LogP contribution in [0, 0.1) is 17.0 Å². The number of hydrogen-bond donors (Lipinski definition) is 0. The van der Waals surface area contributed by atoms with Crippen molar-refractivity contribution in [3.05, 3.63) is 64.0 Å². The van der Waals surface area contributed by atoms with Gasteiger partial charge < -0.3 is 4.57 Å². The lowest BCUT2D eigenvalue weighted by atomic mass is 10.0. The Labute approximate surface area is 169 Å². The molecule has 4 rings (SSSR count). The van der Waals surface area contributed by atoms with E-state index in [9.17, 15) is 18.5 Å². The topological polar surface area (TPSA) is 98.3 Å². The van der Waals surface area contributed by atoms with Crippen molar-refractivity contribution in [1.82, 2.24) is 13.9 Å². The first-order valence-electron chi connectivity index (χ1n) is 9.49. The minimum Gasteiger partial charge on any atom is -0.330 e. The van der Waals surface area contributed by atoms with Gasteiger partial charge in [-0.15, -0.1) is 0 Å². The van der Waals surface area contributed by atoms with Gasteiger partial charge >= 0.3 is 0 Å². The van der Waals surface area contributed by atoms with Gasteiger partial charge in [0.1, 0.15) is 5.82 Å². The summed E-state index contributed by atoms with van der Waals surface area (Å²) in [5.74, 6) is 0.692. The highest BCUT2D eigenvalue weighted by Gasteiger charge is 2.38. The third kappa shape index (κ3) is 3.30. The van der Waals surface area contributed by atoms with Gasteiger partial charge in [0.15, 0.2) is 0 Å². The first kappa shape index (κ1) is 19.5.